The Morgan fingerprint density at radius 2 is 1.21 bits per heavy atom. The Bertz CT molecular complexity index is 1750. The summed E-state index contributed by atoms with van der Waals surface area (Å²) < 4.78 is 4.32. The first-order valence-electron chi connectivity index (χ1n) is 18.2. The van der Waals surface area contributed by atoms with E-state index in [2.05, 4.69) is 69.6 Å². The van der Waals surface area contributed by atoms with Crippen LogP contribution in [0.5, 0.6) is 0 Å². The number of carbonyl (C=O) groups is 2. The number of hydrogen-bond acceptors (Lipinski definition) is 7. The molecule has 0 fully saturated rings. The highest BCUT2D eigenvalue weighted by Crippen LogP contribution is 2.28. The lowest BCUT2D eigenvalue weighted by Gasteiger charge is -2.28. The van der Waals surface area contributed by atoms with Crippen LogP contribution in [0.4, 0.5) is 0 Å². The van der Waals surface area contributed by atoms with E-state index in [1.165, 1.54) is 0 Å². The fourth-order valence-electron chi connectivity index (χ4n) is 6.11. The molecule has 4 aromatic rings. The molecule has 0 unspecified atom stereocenters. The molecule has 52 heavy (non-hydrogen) atoms. The van der Waals surface area contributed by atoms with Crippen LogP contribution in [0.15, 0.2) is 48.5 Å². The molecule has 0 aliphatic carbocycles. The average Bonchev–Trinajstić information content (AvgIpc) is 3.72. The van der Waals surface area contributed by atoms with Gasteiger partial charge in [0.25, 0.3) is 11.8 Å². The van der Waals surface area contributed by atoms with Gasteiger partial charge in [0.05, 0.1) is 11.4 Å². The van der Waals surface area contributed by atoms with Crippen LogP contribution in [-0.4, -0.2) is 80.8 Å². The Hall–Kier alpha value is -3.74. The Morgan fingerprint density at radius 1 is 0.750 bits per heavy atom. The molecule has 0 spiro atoms. The van der Waals surface area contributed by atoms with Crippen molar-refractivity contribution in [3.63, 3.8) is 0 Å². The van der Waals surface area contributed by atoms with Crippen LogP contribution in [0.25, 0.3) is 22.8 Å². The van der Waals surface area contributed by atoms with Gasteiger partial charge in [-0.2, -0.15) is 0 Å². The van der Waals surface area contributed by atoms with Gasteiger partial charge in [0.2, 0.25) is 0 Å². The molecule has 0 saturated carbocycles. The highest BCUT2D eigenvalue weighted by molar-refractivity contribution is 6.30. The first kappa shape index (κ1) is 41.0. The van der Waals surface area contributed by atoms with Crippen molar-refractivity contribution >= 4 is 35.0 Å². The molecular formula is C39H54Cl2N8O3. The zero-order valence-electron chi connectivity index (χ0n) is 31.3. The third-order valence-corrected chi connectivity index (χ3v) is 9.56. The summed E-state index contributed by atoms with van der Waals surface area (Å²) in [6.07, 6.45) is 1.93. The number of likely N-dealkylation sites (N-methyl/N-ethyl adjacent to an activating group) is 1. The van der Waals surface area contributed by atoms with Crippen LogP contribution in [0.1, 0.15) is 79.8 Å². The quantitative estimate of drug-likeness (QED) is 0.138. The predicted octanol–water partition coefficient (Wildman–Crippen LogP) is 6.51. The molecule has 2 aliphatic rings. The normalized spacial score (nSPS) is 13.8. The second kappa shape index (κ2) is 19.9. The fourth-order valence-corrected chi connectivity index (χ4v) is 6.36. The predicted molar refractivity (Wildman–Crippen MR) is 210 cm³/mol. The van der Waals surface area contributed by atoms with Crippen molar-refractivity contribution in [2.24, 2.45) is 11.8 Å². The van der Waals surface area contributed by atoms with Crippen molar-refractivity contribution < 1.29 is 14.7 Å². The van der Waals surface area contributed by atoms with Crippen molar-refractivity contribution in [3.8, 4) is 22.8 Å². The maximum atomic E-state index is 12.8. The van der Waals surface area contributed by atoms with E-state index >= 15 is 0 Å². The first-order chi connectivity index (χ1) is 25.0. The Morgan fingerprint density at radius 3 is 1.67 bits per heavy atom. The largest absolute Gasteiger partial charge is 0.400 e. The lowest BCUT2D eigenvalue weighted by Crippen LogP contribution is -2.35. The van der Waals surface area contributed by atoms with Crippen molar-refractivity contribution in [1.82, 2.24) is 40.0 Å². The Kier molecular flexibility index (Phi) is 15.7. The minimum atomic E-state index is -0.0942. The summed E-state index contributed by atoms with van der Waals surface area (Å²) >= 11 is 12.0. The number of aromatic nitrogens is 4. The highest BCUT2D eigenvalue weighted by Gasteiger charge is 2.28. The lowest BCUT2D eigenvalue weighted by molar-refractivity contribution is 0.0936. The second-order valence-corrected chi connectivity index (χ2v) is 14.6. The molecule has 2 aromatic heterocycles. The van der Waals surface area contributed by atoms with Crippen LogP contribution in [-0.2, 0) is 26.2 Å². The van der Waals surface area contributed by atoms with Gasteiger partial charge in [-0.15, -0.1) is 0 Å². The molecule has 2 aromatic carbocycles. The number of carbonyl (C=O) groups excluding carboxylic acids is 2. The summed E-state index contributed by atoms with van der Waals surface area (Å²) in [5.74, 6) is 2.63. The van der Waals surface area contributed by atoms with Crippen LogP contribution in [0.3, 0.4) is 0 Å². The van der Waals surface area contributed by atoms with E-state index in [-0.39, 0.29) is 11.8 Å². The zero-order valence-corrected chi connectivity index (χ0v) is 32.8. The molecule has 282 valence electrons. The van der Waals surface area contributed by atoms with E-state index in [1.807, 2.05) is 48.5 Å². The molecule has 0 saturated heterocycles. The molecule has 2 amide bonds. The molecule has 6 rings (SSSR count). The molecule has 4 heterocycles. The standard InChI is InChI=1S/C20H27ClN4O.C18H23ClN4O.CH4O/c1-4-24-11-12-25-17(13-24)18(20(26)22-10-9-14(2)3)23-19(25)15-5-7-16(21)8-6-15;1-12(2)7-8-21-18(24)16-15-11-20-9-10-23(15)17(22-16)13-3-5-14(19)6-4-13;1-2/h5-8,14H,4,9-13H2,1-3H3,(H,22,26);3-6,12,20H,7-11H2,1-2H3,(H,21,24);2H,1H3. The van der Waals surface area contributed by atoms with E-state index < -0.39 is 0 Å². The molecular weight excluding hydrogens is 699 g/mol. The summed E-state index contributed by atoms with van der Waals surface area (Å²) in [7, 11) is 1.00. The molecule has 13 heteroatoms. The van der Waals surface area contributed by atoms with E-state index in [9.17, 15) is 9.59 Å². The van der Waals surface area contributed by atoms with E-state index in [4.69, 9.17) is 33.3 Å². The van der Waals surface area contributed by atoms with E-state index in [0.29, 0.717) is 52.9 Å². The van der Waals surface area contributed by atoms with Gasteiger partial charge in [-0.3, -0.25) is 14.5 Å². The zero-order chi connectivity index (χ0) is 37.8. The van der Waals surface area contributed by atoms with Gasteiger partial charge in [-0.25, -0.2) is 9.97 Å². The maximum absolute atomic E-state index is 12.8. The minimum Gasteiger partial charge on any atom is -0.400 e. The number of nitrogens with zero attached hydrogens (tertiary/aromatic N) is 5. The third kappa shape index (κ3) is 10.7. The number of amides is 2. The Balaban J connectivity index is 0.000000223. The summed E-state index contributed by atoms with van der Waals surface area (Å²) in [5, 5.41) is 17.7. The molecule has 0 radical (unpaired) electrons. The van der Waals surface area contributed by atoms with Crippen LogP contribution in [0.2, 0.25) is 10.0 Å². The molecule has 0 atom stereocenters. The van der Waals surface area contributed by atoms with Gasteiger partial charge in [0, 0.05) is 80.6 Å². The first-order valence-corrected chi connectivity index (χ1v) is 19.0. The number of hydrogen-bond donors (Lipinski definition) is 4. The van der Waals surface area contributed by atoms with Crippen molar-refractivity contribution in [1.29, 1.82) is 0 Å². The SMILES string of the molecule is CC(C)CCNC(=O)c1nc(-c2ccc(Cl)cc2)n2c1CNCC2.CCN1CCn2c(-c3ccc(Cl)cc3)nc(C(=O)NCCC(C)C)c2C1.CO. The molecule has 2 aliphatic heterocycles. The number of benzene rings is 2. The van der Waals surface area contributed by atoms with Crippen molar-refractivity contribution in [3.05, 3.63) is 81.4 Å². The van der Waals surface area contributed by atoms with Crippen LogP contribution < -0.4 is 16.0 Å². The number of fused-ring (bicyclic) bond motifs is 2. The maximum Gasteiger partial charge on any atom is 0.271 e. The molecule has 4 N–H and O–H groups in total. The summed E-state index contributed by atoms with van der Waals surface area (Å²) in [6.45, 7) is 18.0. The van der Waals surface area contributed by atoms with E-state index in [1.54, 1.807) is 0 Å². The molecule has 11 nitrogen and oxygen atoms in total. The van der Waals surface area contributed by atoms with Gasteiger partial charge in [0.1, 0.15) is 11.6 Å². The number of rotatable bonds is 11. The smallest absolute Gasteiger partial charge is 0.271 e. The second-order valence-electron chi connectivity index (χ2n) is 13.7. The monoisotopic (exact) mass is 752 g/mol. The number of aliphatic hydroxyl groups is 1. The van der Waals surface area contributed by atoms with Gasteiger partial charge in [0.15, 0.2) is 11.4 Å². The number of aliphatic hydroxyl groups excluding tert-OH is 1. The number of nitrogens with one attached hydrogen (secondary N) is 3. The molecule has 0 bridgehead atoms. The average molecular weight is 754 g/mol. The van der Waals surface area contributed by atoms with E-state index in [0.717, 1.165) is 93.4 Å². The number of halogens is 2. The third-order valence-electron chi connectivity index (χ3n) is 9.06. The van der Waals surface area contributed by atoms with Crippen molar-refractivity contribution in [2.45, 2.75) is 73.6 Å². The van der Waals surface area contributed by atoms with Gasteiger partial charge >= 0.3 is 0 Å². The topological polar surface area (TPSA) is 129 Å². The van der Waals surface area contributed by atoms with Gasteiger partial charge < -0.3 is 30.2 Å². The van der Waals surface area contributed by atoms with Crippen LogP contribution in [0, 0.1) is 11.8 Å². The lowest BCUT2D eigenvalue weighted by atomic mass is 10.1. The summed E-state index contributed by atoms with van der Waals surface area (Å²) in [4.78, 5) is 37.1. The highest BCUT2D eigenvalue weighted by atomic mass is 35.5. The minimum absolute atomic E-state index is 0.0763. The number of imidazole rings is 2. The fraction of sp³-hybridized carbons (Fsp3) is 0.487. The van der Waals surface area contributed by atoms with Crippen LogP contribution >= 0.6 is 23.2 Å². The van der Waals surface area contributed by atoms with Gasteiger partial charge in [-0.1, -0.05) is 57.8 Å². The Labute approximate surface area is 318 Å². The van der Waals surface area contributed by atoms with Crippen molar-refractivity contribution in [2.75, 3.05) is 39.8 Å². The van der Waals surface area contributed by atoms with Gasteiger partial charge in [-0.05, 0) is 79.8 Å². The summed E-state index contributed by atoms with van der Waals surface area (Å²) in [6, 6.07) is 15.2. The summed E-state index contributed by atoms with van der Waals surface area (Å²) in [5.41, 5.74) is 5.00.